The first-order valence-electron chi connectivity index (χ1n) is 6.91. The number of carbonyl (C=O) groups excluding carboxylic acids is 2. The topological polar surface area (TPSA) is 67.4 Å². The molecule has 1 aliphatic rings. The molecule has 1 heterocycles. The van der Waals surface area contributed by atoms with Gasteiger partial charge in [0.1, 0.15) is 5.75 Å². The second-order valence-electron chi connectivity index (χ2n) is 5.17. The van der Waals surface area contributed by atoms with E-state index >= 15 is 0 Å². The molecule has 1 saturated heterocycles. The number of nitrogens with one attached hydrogen (secondary N) is 2. The number of carbonyl (C=O) groups is 2. The maximum absolute atomic E-state index is 11.7. The SMILES string of the molecule is COc1ccc([C@@H](C)NCC2CCC(=O)NC2=O)c(Br)c1. The molecule has 0 radical (unpaired) electrons. The Morgan fingerprint density at radius 3 is 2.86 bits per heavy atom. The van der Waals surface area contributed by atoms with Crippen molar-refractivity contribution in [1.29, 1.82) is 0 Å². The molecule has 2 amide bonds. The minimum absolute atomic E-state index is 0.0932. The monoisotopic (exact) mass is 354 g/mol. The number of hydrogen-bond donors (Lipinski definition) is 2. The molecule has 0 aromatic heterocycles. The lowest BCUT2D eigenvalue weighted by Crippen LogP contribution is -2.44. The summed E-state index contributed by atoms with van der Waals surface area (Å²) >= 11 is 3.53. The van der Waals surface area contributed by atoms with Crippen molar-refractivity contribution < 1.29 is 14.3 Å². The first kappa shape index (κ1) is 16.0. The highest BCUT2D eigenvalue weighted by Gasteiger charge is 2.26. The minimum atomic E-state index is -0.181. The molecule has 0 bridgehead atoms. The average molecular weight is 355 g/mol. The maximum atomic E-state index is 11.7. The zero-order valence-corrected chi connectivity index (χ0v) is 13.7. The van der Waals surface area contributed by atoms with E-state index in [2.05, 4.69) is 26.6 Å². The van der Waals surface area contributed by atoms with Crippen LogP contribution in [0.15, 0.2) is 22.7 Å². The molecule has 1 unspecified atom stereocenters. The van der Waals surface area contributed by atoms with E-state index in [0.717, 1.165) is 15.8 Å². The van der Waals surface area contributed by atoms with E-state index < -0.39 is 0 Å². The number of methoxy groups -OCH3 is 1. The smallest absolute Gasteiger partial charge is 0.230 e. The molecular formula is C15H19BrN2O3. The van der Waals surface area contributed by atoms with Crippen LogP contribution in [0.3, 0.4) is 0 Å². The Bertz CT molecular complexity index is 548. The summed E-state index contributed by atoms with van der Waals surface area (Å²) in [7, 11) is 1.63. The summed E-state index contributed by atoms with van der Waals surface area (Å²) in [6.45, 7) is 2.59. The Morgan fingerprint density at radius 1 is 1.48 bits per heavy atom. The standard InChI is InChI=1S/C15H19BrN2O3/c1-9(12-5-4-11(21-2)7-13(12)16)17-8-10-3-6-14(19)18-15(10)20/h4-5,7,9-10,17H,3,6,8H2,1-2H3,(H,18,19,20)/t9-,10?/m1/s1. The molecule has 2 rings (SSSR count). The van der Waals surface area contributed by atoms with E-state index in [9.17, 15) is 9.59 Å². The number of piperidine rings is 1. The molecule has 21 heavy (non-hydrogen) atoms. The van der Waals surface area contributed by atoms with Gasteiger partial charge < -0.3 is 10.1 Å². The molecule has 6 heteroatoms. The molecular weight excluding hydrogens is 336 g/mol. The third-order valence-electron chi connectivity index (χ3n) is 3.70. The van der Waals surface area contributed by atoms with Gasteiger partial charge in [-0.1, -0.05) is 22.0 Å². The van der Waals surface area contributed by atoms with Gasteiger partial charge in [0.15, 0.2) is 0 Å². The van der Waals surface area contributed by atoms with Gasteiger partial charge in [0.2, 0.25) is 11.8 Å². The largest absolute Gasteiger partial charge is 0.497 e. The number of imide groups is 1. The van der Waals surface area contributed by atoms with Crippen LogP contribution in [0.25, 0.3) is 0 Å². The maximum Gasteiger partial charge on any atom is 0.230 e. The van der Waals surface area contributed by atoms with E-state index in [1.165, 1.54) is 0 Å². The molecule has 2 atom stereocenters. The van der Waals surface area contributed by atoms with Crippen LogP contribution >= 0.6 is 15.9 Å². The molecule has 2 N–H and O–H groups in total. The molecule has 5 nitrogen and oxygen atoms in total. The van der Waals surface area contributed by atoms with Gasteiger partial charge in [0, 0.05) is 23.5 Å². The lowest BCUT2D eigenvalue weighted by atomic mass is 9.97. The second kappa shape index (κ2) is 7.04. The van der Waals surface area contributed by atoms with Crippen molar-refractivity contribution in [3.63, 3.8) is 0 Å². The highest BCUT2D eigenvalue weighted by Crippen LogP contribution is 2.27. The van der Waals surface area contributed by atoms with Crippen LogP contribution in [0.2, 0.25) is 0 Å². The summed E-state index contributed by atoms with van der Waals surface area (Å²) in [5.41, 5.74) is 1.10. The predicted molar refractivity (Wildman–Crippen MR) is 83.0 cm³/mol. The molecule has 1 aliphatic heterocycles. The van der Waals surface area contributed by atoms with Gasteiger partial charge >= 0.3 is 0 Å². The predicted octanol–water partition coefficient (Wildman–Crippen LogP) is 2.16. The fourth-order valence-electron chi connectivity index (χ4n) is 2.35. The fourth-order valence-corrected chi connectivity index (χ4v) is 3.05. The fraction of sp³-hybridized carbons (Fsp3) is 0.467. The van der Waals surface area contributed by atoms with Crippen molar-refractivity contribution in [2.24, 2.45) is 5.92 Å². The number of halogens is 1. The van der Waals surface area contributed by atoms with E-state index in [1.54, 1.807) is 7.11 Å². The first-order valence-corrected chi connectivity index (χ1v) is 7.71. The van der Waals surface area contributed by atoms with Gasteiger partial charge in [0.05, 0.1) is 13.0 Å². The van der Waals surface area contributed by atoms with Gasteiger partial charge in [-0.25, -0.2) is 0 Å². The Labute approximate surface area is 132 Å². The van der Waals surface area contributed by atoms with Crippen LogP contribution in [0, 0.1) is 5.92 Å². The van der Waals surface area contributed by atoms with Gasteiger partial charge in [-0.2, -0.15) is 0 Å². The summed E-state index contributed by atoms with van der Waals surface area (Å²) < 4.78 is 6.14. The van der Waals surface area contributed by atoms with Crippen molar-refractivity contribution in [3.8, 4) is 5.75 Å². The Balaban J connectivity index is 1.94. The van der Waals surface area contributed by atoms with Crippen LogP contribution in [-0.2, 0) is 9.59 Å². The van der Waals surface area contributed by atoms with Crippen molar-refractivity contribution in [2.75, 3.05) is 13.7 Å². The molecule has 0 saturated carbocycles. The van der Waals surface area contributed by atoms with Crippen molar-refractivity contribution in [2.45, 2.75) is 25.8 Å². The first-order chi connectivity index (χ1) is 10.0. The molecule has 1 aromatic carbocycles. The van der Waals surface area contributed by atoms with Crippen LogP contribution in [-0.4, -0.2) is 25.5 Å². The molecule has 1 aromatic rings. The van der Waals surface area contributed by atoms with Crippen molar-refractivity contribution in [1.82, 2.24) is 10.6 Å². The van der Waals surface area contributed by atoms with E-state index in [1.807, 2.05) is 25.1 Å². The molecule has 114 valence electrons. The van der Waals surface area contributed by atoms with Crippen LogP contribution in [0.1, 0.15) is 31.4 Å². The summed E-state index contributed by atoms with van der Waals surface area (Å²) in [5.74, 6) is 0.284. The van der Waals surface area contributed by atoms with Crippen LogP contribution in [0.5, 0.6) is 5.75 Å². The number of hydrogen-bond acceptors (Lipinski definition) is 4. The Morgan fingerprint density at radius 2 is 2.24 bits per heavy atom. The summed E-state index contributed by atoms with van der Waals surface area (Å²) in [6, 6.07) is 5.91. The highest BCUT2D eigenvalue weighted by molar-refractivity contribution is 9.10. The summed E-state index contributed by atoms with van der Waals surface area (Å²) in [4.78, 5) is 22.8. The number of amides is 2. The van der Waals surface area contributed by atoms with Crippen LogP contribution < -0.4 is 15.4 Å². The third kappa shape index (κ3) is 4.04. The third-order valence-corrected chi connectivity index (χ3v) is 4.38. The van der Waals surface area contributed by atoms with Crippen LogP contribution in [0.4, 0.5) is 0 Å². The van der Waals surface area contributed by atoms with Gasteiger partial charge in [-0.3, -0.25) is 14.9 Å². The van der Waals surface area contributed by atoms with E-state index in [-0.39, 0.29) is 23.8 Å². The molecule has 0 aliphatic carbocycles. The minimum Gasteiger partial charge on any atom is -0.497 e. The van der Waals surface area contributed by atoms with Gasteiger partial charge in [-0.15, -0.1) is 0 Å². The average Bonchev–Trinajstić information content (AvgIpc) is 2.45. The quantitative estimate of drug-likeness (QED) is 0.795. The Hall–Kier alpha value is -1.40. The van der Waals surface area contributed by atoms with Gasteiger partial charge in [-0.05, 0) is 31.0 Å². The summed E-state index contributed by atoms with van der Waals surface area (Å²) in [6.07, 6.45) is 1.02. The summed E-state index contributed by atoms with van der Waals surface area (Å²) in [5, 5.41) is 5.72. The number of benzene rings is 1. The normalized spacial score (nSPS) is 20.0. The highest BCUT2D eigenvalue weighted by atomic mass is 79.9. The van der Waals surface area contributed by atoms with Crippen molar-refractivity contribution >= 4 is 27.7 Å². The van der Waals surface area contributed by atoms with E-state index in [4.69, 9.17) is 4.74 Å². The molecule has 0 spiro atoms. The number of ether oxygens (including phenoxy) is 1. The zero-order valence-electron chi connectivity index (χ0n) is 12.1. The lowest BCUT2D eigenvalue weighted by Gasteiger charge is -2.23. The Kier molecular flexibility index (Phi) is 5.36. The molecule has 1 fully saturated rings. The van der Waals surface area contributed by atoms with Crippen molar-refractivity contribution in [3.05, 3.63) is 28.2 Å². The van der Waals surface area contributed by atoms with E-state index in [0.29, 0.717) is 19.4 Å². The zero-order chi connectivity index (χ0) is 15.4. The number of rotatable bonds is 5. The van der Waals surface area contributed by atoms with Gasteiger partial charge in [0.25, 0.3) is 0 Å². The second-order valence-corrected chi connectivity index (χ2v) is 6.02. The lowest BCUT2D eigenvalue weighted by molar-refractivity contribution is -0.136.